The van der Waals surface area contributed by atoms with Gasteiger partial charge in [0.05, 0.1) is 6.61 Å². The first kappa shape index (κ1) is 14.6. The highest BCUT2D eigenvalue weighted by molar-refractivity contribution is 5.78. The number of benzene rings is 2. The Hall–Kier alpha value is -2.33. The number of aliphatic hydroxyl groups excluding tert-OH is 1. The summed E-state index contributed by atoms with van der Waals surface area (Å²) in [4.78, 5) is 11.2. The van der Waals surface area contributed by atoms with Crippen LogP contribution in [0.25, 0.3) is 0 Å². The highest BCUT2D eigenvalue weighted by Gasteiger charge is 2.41. The van der Waals surface area contributed by atoms with Crippen LogP contribution >= 0.6 is 0 Å². The van der Waals surface area contributed by atoms with Gasteiger partial charge in [-0.15, -0.1) is 0 Å². The van der Waals surface area contributed by atoms with Gasteiger partial charge in [0, 0.05) is 0 Å². The van der Waals surface area contributed by atoms with E-state index < -0.39 is 0 Å². The molecule has 0 unspecified atom stereocenters. The minimum absolute atomic E-state index is 0.147. The number of aliphatic hydroxyl groups is 1. The SMILES string of the molecule is O=C1O[C@@H](CCc2ccccc2Oc2ccccc2)[C@@H]1CO. The van der Waals surface area contributed by atoms with Crippen molar-refractivity contribution in [1.29, 1.82) is 0 Å². The number of rotatable bonds is 6. The Kier molecular flexibility index (Phi) is 4.39. The fourth-order valence-corrected chi connectivity index (χ4v) is 2.57. The molecular weight excluding hydrogens is 280 g/mol. The molecule has 114 valence electrons. The standard InChI is InChI=1S/C18H18O4/c19-12-15-17(22-18(15)20)11-10-13-6-4-5-9-16(13)21-14-7-2-1-3-8-14/h1-9,15,17,19H,10-12H2/t15-,17-/m0/s1. The molecule has 2 atom stereocenters. The van der Waals surface area contributed by atoms with Crippen molar-refractivity contribution in [3.05, 3.63) is 60.2 Å². The molecule has 4 nitrogen and oxygen atoms in total. The third-order valence-electron chi connectivity index (χ3n) is 3.86. The number of aryl methyl sites for hydroxylation is 1. The number of hydrogen-bond donors (Lipinski definition) is 1. The second kappa shape index (κ2) is 6.62. The molecule has 22 heavy (non-hydrogen) atoms. The van der Waals surface area contributed by atoms with Gasteiger partial charge in [-0.05, 0) is 36.6 Å². The summed E-state index contributed by atoms with van der Waals surface area (Å²) in [6, 6.07) is 17.4. The van der Waals surface area contributed by atoms with Gasteiger partial charge in [0.15, 0.2) is 0 Å². The van der Waals surface area contributed by atoms with Crippen molar-refractivity contribution in [2.75, 3.05) is 6.61 Å². The molecule has 0 aromatic heterocycles. The summed E-state index contributed by atoms with van der Waals surface area (Å²) >= 11 is 0. The summed E-state index contributed by atoms with van der Waals surface area (Å²) in [7, 11) is 0. The first-order valence-corrected chi connectivity index (χ1v) is 7.40. The van der Waals surface area contributed by atoms with Crippen LogP contribution in [0.1, 0.15) is 12.0 Å². The van der Waals surface area contributed by atoms with Gasteiger partial charge < -0.3 is 14.6 Å². The zero-order valence-corrected chi connectivity index (χ0v) is 12.1. The number of esters is 1. The summed E-state index contributed by atoms with van der Waals surface area (Å²) in [5.41, 5.74) is 1.06. The topological polar surface area (TPSA) is 55.8 Å². The average molecular weight is 298 g/mol. The number of carbonyl (C=O) groups excluding carboxylic acids is 1. The molecule has 0 amide bonds. The monoisotopic (exact) mass is 298 g/mol. The van der Waals surface area contributed by atoms with Gasteiger partial charge in [-0.3, -0.25) is 4.79 Å². The van der Waals surface area contributed by atoms with E-state index >= 15 is 0 Å². The van der Waals surface area contributed by atoms with E-state index in [1.54, 1.807) is 0 Å². The summed E-state index contributed by atoms with van der Waals surface area (Å²) < 4.78 is 11.0. The summed E-state index contributed by atoms with van der Waals surface area (Å²) in [6.45, 7) is -0.147. The molecule has 1 fully saturated rings. The Morgan fingerprint density at radius 2 is 1.77 bits per heavy atom. The van der Waals surface area contributed by atoms with E-state index in [1.807, 2.05) is 54.6 Å². The molecule has 2 aromatic rings. The molecule has 1 heterocycles. The van der Waals surface area contributed by atoms with Crippen molar-refractivity contribution in [2.24, 2.45) is 5.92 Å². The van der Waals surface area contributed by atoms with Crippen LogP contribution in [-0.2, 0) is 16.0 Å². The number of ether oxygens (including phenoxy) is 2. The zero-order chi connectivity index (χ0) is 15.4. The zero-order valence-electron chi connectivity index (χ0n) is 12.1. The molecule has 3 rings (SSSR count). The molecule has 1 N–H and O–H groups in total. The van der Waals surface area contributed by atoms with Crippen LogP contribution in [0.2, 0.25) is 0 Å². The van der Waals surface area contributed by atoms with Crippen LogP contribution in [0.15, 0.2) is 54.6 Å². The predicted molar refractivity (Wildman–Crippen MR) is 81.7 cm³/mol. The summed E-state index contributed by atoms with van der Waals surface area (Å²) in [5.74, 6) is 0.918. The van der Waals surface area contributed by atoms with Gasteiger partial charge in [-0.2, -0.15) is 0 Å². The lowest BCUT2D eigenvalue weighted by atomic mass is 9.92. The maximum Gasteiger partial charge on any atom is 0.315 e. The number of para-hydroxylation sites is 2. The predicted octanol–water partition coefficient (Wildman–Crippen LogP) is 2.95. The van der Waals surface area contributed by atoms with E-state index in [9.17, 15) is 4.79 Å². The van der Waals surface area contributed by atoms with Crippen LogP contribution in [0.3, 0.4) is 0 Å². The molecular formula is C18H18O4. The molecule has 0 spiro atoms. The van der Waals surface area contributed by atoms with Crippen LogP contribution < -0.4 is 4.74 Å². The van der Waals surface area contributed by atoms with Gasteiger partial charge in [-0.25, -0.2) is 0 Å². The quantitative estimate of drug-likeness (QED) is 0.833. The fourth-order valence-electron chi connectivity index (χ4n) is 2.57. The second-order valence-corrected chi connectivity index (χ2v) is 5.33. The van der Waals surface area contributed by atoms with Crippen molar-refractivity contribution in [2.45, 2.75) is 18.9 Å². The van der Waals surface area contributed by atoms with Crippen LogP contribution in [0, 0.1) is 5.92 Å². The maximum absolute atomic E-state index is 11.2. The Morgan fingerprint density at radius 3 is 2.50 bits per heavy atom. The molecule has 0 radical (unpaired) electrons. The molecule has 1 saturated heterocycles. The van der Waals surface area contributed by atoms with E-state index in [-0.39, 0.29) is 24.6 Å². The Labute approximate surface area is 129 Å². The second-order valence-electron chi connectivity index (χ2n) is 5.33. The van der Waals surface area contributed by atoms with Gasteiger partial charge in [0.1, 0.15) is 23.5 Å². The minimum atomic E-state index is -0.373. The number of carbonyl (C=O) groups is 1. The number of hydrogen-bond acceptors (Lipinski definition) is 4. The molecule has 2 aromatic carbocycles. The van der Waals surface area contributed by atoms with Crippen molar-refractivity contribution in [3.63, 3.8) is 0 Å². The van der Waals surface area contributed by atoms with Crippen molar-refractivity contribution in [3.8, 4) is 11.5 Å². The lowest BCUT2D eigenvalue weighted by Crippen LogP contribution is -2.47. The third kappa shape index (κ3) is 3.12. The normalized spacial score (nSPS) is 20.1. The van der Waals surface area contributed by atoms with E-state index in [2.05, 4.69) is 0 Å². The smallest absolute Gasteiger partial charge is 0.315 e. The highest BCUT2D eigenvalue weighted by atomic mass is 16.6. The highest BCUT2D eigenvalue weighted by Crippen LogP contribution is 2.30. The molecule has 4 heteroatoms. The summed E-state index contributed by atoms with van der Waals surface area (Å²) in [6.07, 6.45) is 1.23. The molecule has 0 aliphatic carbocycles. The largest absolute Gasteiger partial charge is 0.461 e. The van der Waals surface area contributed by atoms with Gasteiger partial charge in [0.2, 0.25) is 0 Å². The lowest BCUT2D eigenvalue weighted by Gasteiger charge is -2.34. The van der Waals surface area contributed by atoms with Gasteiger partial charge >= 0.3 is 5.97 Å². The molecule has 0 saturated carbocycles. The van der Waals surface area contributed by atoms with E-state index in [0.29, 0.717) is 6.42 Å². The van der Waals surface area contributed by atoms with Crippen molar-refractivity contribution >= 4 is 5.97 Å². The average Bonchev–Trinajstić information content (AvgIpc) is 2.54. The molecule has 1 aliphatic heterocycles. The van der Waals surface area contributed by atoms with Crippen LogP contribution in [-0.4, -0.2) is 23.8 Å². The van der Waals surface area contributed by atoms with Crippen molar-refractivity contribution in [1.82, 2.24) is 0 Å². The number of cyclic esters (lactones) is 1. The first-order chi connectivity index (χ1) is 10.8. The fraction of sp³-hybridized carbons (Fsp3) is 0.278. The van der Waals surface area contributed by atoms with Crippen LogP contribution in [0.4, 0.5) is 0 Å². The van der Waals surface area contributed by atoms with E-state index in [0.717, 1.165) is 23.5 Å². The Bertz CT molecular complexity index is 639. The summed E-state index contributed by atoms with van der Waals surface area (Å²) in [5, 5.41) is 9.15. The van der Waals surface area contributed by atoms with E-state index in [4.69, 9.17) is 14.6 Å². The first-order valence-electron chi connectivity index (χ1n) is 7.40. The lowest BCUT2D eigenvalue weighted by molar-refractivity contribution is -0.188. The third-order valence-corrected chi connectivity index (χ3v) is 3.86. The van der Waals surface area contributed by atoms with Gasteiger partial charge in [-0.1, -0.05) is 36.4 Å². The Morgan fingerprint density at radius 1 is 1.05 bits per heavy atom. The van der Waals surface area contributed by atoms with Crippen molar-refractivity contribution < 1.29 is 19.4 Å². The minimum Gasteiger partial charge on any atom is -0.461 e. The van der Waals surface area contributed by atoms with Crippen LogP contribution in [0.5, 0.6) is 11.5 Å². The van der Waals surface area contributed by atoms with Gasteiger partial charge in [0.25, 0.3) is 0 Å². The molecule has 0 bridgehead atoms. The van der Waals surface area contributed by atoms with E-state index in [1.165, 1.54) is 0 Å². The Balaban J connectivity index is 1.65. The molecule has 1 aliphatic rings. The maximum atomic E-state index is 11.2.